The molecule has 1 aliphatic rings. The number of aliphatic hydroxyl groups is 1. The van der Waals surface area contributed by atoms with Gasteiger partial charge >= 0.3 is 0 Å². The highest BCUT2D eigenvalue weighted by atomic mass is 127. The Morgan fingerprint density at radius 2 is 2.27 bits per heavy atom. The van der Waals surface area contributed by atoms with Crippen LogP contribution in [0.5, 0.6) is 0 Å². The van der Waals surface area contributed by atoms with E-state index in [2.05, 4.69) is 15.6 Å². The van der Waals surface area contributed by atoms with E-state index in [4.69, 9.17) is 4.74 Å². The van der Waals surface area contributed by atoms with Crippen LogP contribution >= 0.6 is 35.3 Å². The highest BCUT2D eigenvalue weighted by molar-refractivity contribution is 14.0. The van der Waals surface area contributed by atoms with Crippen molar-refractivity contribution >= 4 is 51.1 Å². The van der Waals surface area contributed by atoms with Gasteiger partial charge in [0, 0.05) is 19.7 Å². The van der Waals surface area contributed by atoms with Gasteiger partial charge in [0.1, 0.15) is 4.21 Å². The molecular formula is C16H28IN3O4S2. The summed E-state index contributed by atoms with van der Waals surface area (Å²) >= 11 is 1.16. The Morgan fingerprint density at radius 3 is 2.85 bits per heavy atom. The molecule has 0 amide bonds. The van der Waals surface area contributed by atoms with Crippen molar-refractivity contribution < 1.29 is 18.3 Å². The van der Waals surface area contributed by atoms with Crippen LogP contribution in [0, 0.1) is 0 Å². The summed E-state index contributed by atoms with van der Waals surface area (Å²) in [5, 5.41) is 17.9. The van der Waals surface area contributed by atoms with E-state index in [0.29, 0.717) is 19.0 Å². The van der Waals surface area contributed by atoms with Crippen LogP contribution in [-0.2, 0) is 14.6 Å². The van der Waals surface area contributed by atoms with Crippen LogP contribution in [0.1, 0.15) is 26.7 Å². The molecule has 0 saturated carbocycles. The van der Waals surface area contributed by atoms with Crippen LogP contribution in [0.25, 0.3) is 0 Å². The summed E-state index contributed by atoms with van der Waals surface area (Å²) in [7, 11) is -3.46. The number of ether oxygens (including phenoxy) is 1. The van der Waals surface area contributed by atoms with Crippen LogP contribution in [0.15, 0.2) is 26.7 Å². The predicted octanol–water partition coefficient (Wildman–Crippen LogP) is 1.62. The van der Waals surface area contributed by atoms with Gasteiger partial charge in [-0.3, -0.25) is 4.99 Å². The zero-order valence-electron chi connectivity index (χ0n) is 15.1. The Bertz CT molecular complexity index is 659. The van der Waals surface area contributed by atoms with Gasteiger partial charge in [-0.05, 0) is 38.1 Å². The Kier molecular flexibility index (Phi) is 9.80. The maximum atomic E-state index is 12.2. The third kappa shape index (κ3) is 7.29. The minimum absolute atomic E-state index is 0. The molecule has 2 heterocycles. The molecule has 150 valence electrons. The van der Waals surface area contributed by atoms with Gasteiger partial charge in [-0.1, -0.05) is 6.07 Å². The fourth-order valence-corrected chi connectivity index (χ4v) is 5.08. The molecule has 2 atom stereocenters. The van der Waals surface area contributed by atoms with Gasteiger partial charge in [-0.15, -0.1) is 35.3 Å². The third-order valence-corrected chi connectivity index (χ3v) is 7.22. The number of hydrogen-bond donors (Lipinski definition) is 3. The number of nitrogens with one attached hydrogen (secondary N) is 2. The zero-order chi connectivity index (χ0) is 18.3. The number of guanidine groups is 1. The highest BCUT2D eigenvalue weighted by Gasteiger charge is 2.29. The zero-order valence-corrected chi connectivity index (χ0v) is 19.1. The van der Waals surface area contributed by atoms with Crippen LogP contribution in [-0.4, -0.2) is 63.2 Å². The summed E-state index contributed by atoms with van der Waals surface area (Å²) in [6.07, 6.45) is 0.988. The van der Waals surface area contributed by atoms with E-state index < -0.39 is 15.9 Å². The molecule has 10 heteroatoms. The lowest BCUT2D eigenvalue weighted by Gasteiger charge is -2.22. The first-order valence-electron chi connectivity index (χ1n) is 8.45. The Balaban J connectivity index is 0.00000338. The monoisotopic (exact) mass is 517 g/mol. The number of hydrogen-bond acceptors (Lipinski definition) is 6. The number of rotatable bonds is 8. The predicted molar refractivity (Wildman–Crippen MR) is 115 cm³/mol. The standard InChI is InChI=1S/C16H27N3O4S2.HI/c1-3-17-15(19-12-16(2)7-5-8-23-16)18-10-13(20)11-25(21,22)14-6-4-9-24-14;/h4,6,9,13,20H,3,5,7-8,10-12H2,1-2H3,(H2,17,18,19);1H. The molecule has 1 aromatic rings. The second-order valence-corrected chi connectivity index (χ2v) is 9.55. The molecule has 26 heavy (non-hydrogen) atoms. The van der Waals surface area contributed by atoms with Gasteiger partial charge in [0.05, 0.1) is 24.0 Å². The van der Waals surface area contributed by atoms with Gasteiger partial charge in [-0.2, -0.15) is 0 Å². The third-order valence-electron chi connectivity index (χ3n) is 3.93. The second kappa shape index (κ2) is 10.8. The minimum Gasteiger partial charge on any atom is -0.390 e. The van der Waals surface area contributed by atoms with E-state index in [-0.39, 0.29) is 46.1 Å². The number of aliphatic imine (C=N–C) groups is 1. The smallest absolute Gasteiger partial charge is 0.191 e. The first kappa shape index (κ1) is 23.6. The molecule has 0 bridgehead atoms. The van der Waals surface area contributed by atoms with Gasteiger partial charge < -0.3 is 20.5 Å². The van der Waals surface area contributed by atoms with Crippen molar-refractivity contribution in [3.8, 4) is 0 Å². The van der Waals surface area contributed by atoms with Gasteiger partial charge in [0.15, 0.2) is 15.8 Å². The molecule has 1 fully saturated rings. The largest absolute Gasteiger partial charge is 0.390 e. The number of sulfone groups is 1. The maximum absolute atomic E-state index is 12.2. The van der Waals surface area contributed by atoms with Crippen LogP contribution in [0.2, 0.25) is 0 Å². The first-order chi connectivity index (χ1) is 11.8. The number of aliphatic hydroxyl groups excluding tert-OH is 1. The molecule has 0 radical (unpaired) electrons. The summed E-state index contributed by atoms with van der Waals surface area (Å²) in [5.41, 5.74) is -0.247. The van der Waals surface area contributed by atoms with Crippen molar-refractivity contribution in [1.29, 1.82) is 0 Å². The molecule has 2 unspecified atom stereocenters. The maximum Gasteiger partial charge on any atom is 0.191 e. The lowest BCUT2D eigenvalue weighted by atomic mass is 10.0. The Morgan fingerprint density at radius 1 is 1.50 bits per heavy atom. The summed E-state index contributed by atoms with van der Waals surface area (Å²) in [4.78, 5) is 4.50. The number of nitrogens with zero attached hydrogens (tertiary/aromatic N) is 1. The SMILES string of the molecule is CCNC(=NCC1(C)CCCO1)NCC(O)CS(=O)(=O)c1cccs1.I. The molecule has 0 aliphatic carbocycles. The van der Waals surface area contributed by atoms with Gasteiger partial charge in [0.25, 0.3) is 0 Å². The molecule has 7 nitrogen and oxygen atoms in total. The van der Waals surface area contributed by atoms with E-state index in [1.54, 1.807) is 17.5 Å². The fourth-order valence-electron chi connectivity index (χ4n) is 2.60. The summed E-state index contributed by atoms with van der Waals surface area (Å²) < 4.78 is 30.3. The van der Waals surface area contributed by atoms with Crippen molar-refractivity contribution in [2.45, 2.75) is 42.6 Å². The molecule has 1 aromatic heterocycles. The van der Waals surface area contributed by atoms with Crippen molar-refractivity contribution in [3.63, 3.8) is 0 Å². The minimum atomic E-state index is -3.46. The van der Waals surface area contributed by atoms with Crippen LogP contribution in [0.4, 0.5) is 0 Å². The van der Waals surface area contributed by atoms with Crippen LogP contribution < -0.4 is 10.6 Å². The quantitative estimate of drug-likeness (QED) is 0.276. The fraction of sp³-hybridized carbons (Fsp3) is 0.688. The van der Waals surface area contributed by atoms with E-state index in [0.717, 1.165) is 30.8 Å². The van der Waals surface area contributed by atoms with Crippen molar-refractivity contribution in [2.24, 2.45) is 4.99 Å². The molecule has 0 aromatic carbocycles. The van der Waals surface area contributed by atoms with Crippen LogP contribution in [0.3, 0.4) is 0 Å². The van der Waals surface area contributed by atoms with E-state index in [9.17, 15) is 13.5 Å². The number of thiophene rings is 1. The normalized spacial score (nSPS) is 21.9. The highest BCUT2D eigenvalue weighted by Crippen LogP contribution is 2.25. The number of halogens is 1. The Hall–Kier alpha value is -0.430. The molecule has 1 aliphatic heterocycles. The first-order valence-corrected chi connectivity index (χ1v) is 11.0. The Labute approximate surface area is 176 Å². The lowest BCUT2D eigenvalue weighted by molar-refractivity contribution is 0.0283. The van der Waals surface area contributed by atoms with Crippen molar-refractivity contribution in [3.05, 3.63) is 17.5 Å². The van der Waals surface area contributed by atoms with Crippen molar-refractivity contribution in [1.82, 2.24) is 10.6 Å². The molecule has 1 saturated heterocycles. The van der Waals surface area contributed by atoms with E-state index in [1.165, 1.54) is 0 Å². The average molecular weight is 517 g/mol. The van der Waals surface area contributed by atoms with Gasteiger partial charge in [-0.25, -0.2) is 8.42 Å². The van der Waals surface area contributed by atoms with E-state index >= 15 is 0 Å². The molecular weight excluding hydrogens is 489 g/mol. The van der Waals surface area contributed by atoms with Crippen molar-refractivity contribution in [2.75, 3.05) is 32.0 Å². The average Bonchev–Trinajstić information content (AvgIpc) is 3.22. The topological polar surface area (TPSA) is 100 Å². The van der Waals surface area contributed by atoms with E-state index in [1.807, 2.05) is 13.8 Å². The second-order valence-electron chi connectivity index (χ2n) is 6.35. The summed E-state index contributed by atoms with van der Waals surface area (Å²) in [6.45, 7) is 6.04. The molecule has 2 rings (SSSR count). The lowest BCUT2D eigenvalue weighted by Crippen LogP contribution is -2.43. The summed E-state index contributed by atoms with van der Waals surface area (Å²) in [5.74, 6) is 0.229. The molecule has 3 N–H and O–H groups in total. The molecule has 0 spiro atoms. The summed E-state index contributed by atoms with van der Waals surface area (Å²) in [6, 6.07) is 3.23. The van der Waals surface area contributed by atoms with Gasteiger partial charge in [0.2, 0.25) is 0 Å².